The summed E-state index contributed by atoms with van der Waals surface area (Å²) < 4.78 is 0. The molecule has 0 atom stereocenters. The Morgan fingerprint density at radius 1 is 1.18 bits per heavy atom. The molecule has 0 saturated heterocycles. The first-order valence-corrected chi connectivity index (χ1v) is 8.69. The molecular formula is C17H33IN4. The Bertz CT molecular complexity index is 343. The minimum Gasteiger partial charge on any atom is -0.357 e. The predicted molar refractivity (Wildman–Crippen MR) is 106 cm³/mol. The molecule has 0 radical (unpaired) electrons. The number of nitrogens with zero attached hydrogens (tertiary/aromatic N) is 2. The molecule has 1 saturated carbocycles. The quantitative estimate of drug-likeness (QED) is 0.300. The van der Waals surface area contributed by atoms with Gasteiger partial charge >= 0.3 is 0 Å². The number of nitrogens with one attached hydrogen (secondary N) is 2. The van der Waals surface area contributed by atoms with Crippen molar-refractivity contribution in [2.75, 3.05) is 26.7 Å². The van der Waals surface area contributed by atoms with E-state index in [2.05, 4.69) is 41.7 Å². The summed E-state index contributed by atoms with van der Waals surface area (Å²) in [6.07, 6.45) is 13.7. The zero-order valence-electron chi connectivity index (χ0n) is 14.2. The Hall–Kier alpha value is -0.300. The highest BCUT2D eigenvalue weighted by Gasteiger charge is 2.17. The minimum absolute atomic E-state index is 0. The molecular weight excluding hydrogens is 387 g/mol. The molecule has 0 heterocycles. The molecule has 2 aliphatic carbocycles. The van der Waals surface area contributed by atoms with Crippen LogP contribution in [0.15, 0.2) is 17.1 Å². The standard InChI is InChI=1S/C17H32N4.HI/c1-3-18-17(20-15-9-7-8-10-15)19-13-14-21(2)16-11-5-4-6-12-16;/h7-8,15-16H,3-6,9-14H2,1-2H3,(H2,18,19,20);1H. The van der Waals surface area contributed by atoms with E-state index < -0.39 is 0 Å². The van der Waals surface area contributed by atoms with Crippen LogP contribution in [0.25, 0.3) is 0 Å². The van der Waals surface area contributed by atoms with Crippen molar-refractivity contribution >= 4 is 29.9 Å². The van der Waals surface area contributed by atoms with Gasteiger partial charge in [0.15, 0.2) is 5.96 Å². The van der Waals surface area contributed by atoms with Crippen LogP contribution in [0.2, 0.25) is 0 Å². The number of halogens is 1. The molecule has 1 fully saturated rings. The molecule has 2 aliphatic rings. The fourth-order valence-electron chi connectivity index (χ4n) is 3.27. The van der Waals surface area contributed by atoms with Crippen molar-refractivity contribution in [3.63, 3.8) is 0 Å². The maximum absolute atomic E-state index is 4.74. The Labute approximate surface area is 153 Å². The summed E-state index contributed by atoms with van der Waals surface area (Å²) in [5.41, 5.74) is 0. The molecule has 2 rings (SSSR count). The monoisotopic (exact) mass is 420 g/mol. The lowest BCUT2D eigenvalue weighted by atomic mass is 9.94. The normalized spacial score (nSPS) is 20.2. The fourth-order valence-corrected chi connectivity index (χ4v) is 3.27. The molecule has 5 heteroatoms. The van der Waals surface area contributed by atoms with Crippen LogP contribution in [0.5, 0.6) is 0 Å². The van der Waals surface area contributed by atoms with Crippen LogP contribution in [0.3, 0.4) is 0 Å². The molecule has 0 unspecified atom stereocenters. The van der Waals surface area contributed by atoms with Crippen LogP contribution in [0.4, 0.5) is 0 Å². The molecule has 0 aromatic rings. The highest BCUT2D eigenvalue weighted by atomic mass is 127. The number of guanidine groups is 1. The first kappa shape index (κ1) is 19.7. The van der Waals surface area contributed by atoms with Gasteiger partial charge in [-0.2, -0.15) is 0 Å². The highest BCUT2D eigenvalue weighted by Crippen LogP contribution is 2.21. The van der Waals surface area contributed by atoms with Crippen molar-refractivity contribution in [1.29, 1.82) is 0 Å². The summed E-state index contributed by atoms with van der Waals surface area (Å²) in [6, 6.07) is 1.31. The van der Waals surface area contributed by atoms with Gasteiger partial charge in [0.25, 0.3) is 0 Å². The average Bonchev–Trinajstić information content (AvgIpc) is 3.01. The van der Waals surface area contributed by atoms with Gasteiger partial charge < -0.3 is 15.5 Å². The van der Waals surface area contributed by atoms with Gasteiger partial charge in [-0.05, 0) is 39.7 Å². The van der Waals surface area contributed by atoms with E-state index >= 15 is 0 Å². The number of aliphatic imine (C=N–C) groups is 1. The number of rotatable bonds is 6. The molecule has 0 bridgehead atoms. The Kier molecular flexibility index (Phi) is 10.1. The van der Waals surface area contributed by atoms with Crippen LogP contribution in [-0.2, 0) is 0 Å². The SMILES string of the molecule is CCNC(=NCCN(C)C1CCCCC1)NC1CC=CC1.I. The van der Waals surface area contributed by atoms with Crippen LogP contribution in [-0.4, -0.2) is 49.6 Å². The average molecular weight is 420 g/mol. The molecule has 128 valence electrons. The van der Waals surface area contributed by atoms with Crippen molar-refractivity contribution in [3.05, 3.63) is 12.2 Å². The molecule has 22 heavy (non-hydrogen) atoms. The second-order valence-electron chi connectivity index (χ2n) is 6.32. The lowest BCUT2D eigenvalue weighted by Gasteiger charge is -2.30. The first-order valence-electron chi connectivity index (χ1n) is 8.69. The van der Waals surface area contributed by atoms with E-state index in [-0.39, 0.29) is 24.0 Å². The summed E-state index contributed by atoms with van der Waals surface area (Å²) in [5, 5.41) is 6.88. The number of likely N-dealkylation sites (N-methyl/N-ethyl adjacent to an activating group) is 1. The Balaban J connectivity index is 0.00000242. The van der Waals surface area contributed by atoms with E-state index in [1.54, 1.807) is 0 Å². The third-order valence-corrected chi connectivity index (χ3v) is 4.61. The summed E-state index contributed by atoms with van der Waals surface area (Å²) in [6.45, 7) is 4.98. The fraction of sp³-hybridized carbons (Fsp3) is 0.824. The Morgan fingerprint density at radius 2 is 1.86 bits per heavy atom. The minimum atomic E-state index is 0. The molecule has 0 amide bonds. The van der Waals surface area contributed by atoms with E-state index in [4.69, 9.17) is 4.99 Å². The molecule has 0 aromatic heterocycles. The van der Waals surface area contributed by atoms with Gasteiger partial charge in [-0.1, -0.05) is 31.4 Å². The van der Waals surface area contributed by atoms with E-state index in [1.807, 2.05) is 0 Å². The maximum Gasteiger partial charge on any atom is 0.191 e. The zero-order valence-corrected chi connectivity index (χ0v) is 16.5. The number of hydrogen-bond acceptors (Lipinski definition) is 2. The van der Waals surface area contributed by atoms with Crippen molar-refractivity contribution in [2.24, 2.45) is 4.99 Å². The zero-order chi connectivity index (χ0) is 14.9. The molecule has 0 spiro atoms. The summed E-state index contributed by atoms with van der Waals surface area (Å²) in [4.78, 5) is 7.24. The van der Waals surface area contributed by atoms with Gasteiger partial charge in [0.05, 0.1) is 6.54 Å². The first-order chi connectivity index (χ1) is 10.3. The summed E-state index contributed by atoms with van der Waals surface area (Å²) in [5.74, 6) is 0.975. The van der Waals surface area contributed by atoms with Gasteiger partial charge in [0, 0.05) is 25.2 Å². The van der Waals surface area contributed by atoms with Crippen molar-refractivity contribution < 1.29 is 0 Å². The lowest BCUT2D eigenvalue weighted by Crippen LogP contribution is -2.43. The molecule has 0 aliphatic heterocycles. The van der Waals surface area contributed by atoms with Crippen LogP contribution < -0.4 is 10.6 Å². The van der Waals surface area contributed by atoms with Gasteiger partial charge in [0.1, 0.15) is 0 Å². The third-order valence-electron chi connectivity index (χ3n) is 4.61. The van der Waals surface area contributed by atoms with Gasteiger partial charge in [-0.25, -0.2) is 0 Å². The summed E-state index contributed by atoms with van der Waals surface area (Å²) >= 11 is 0. The predicted octanol–water partition coefficient (Wildman–Crippen LogP) is 3.14. The highest BCUT2D eigenvalue weighted by molar-refractivity contribution is 14.0. The maximum atomic E-state index is 4.74. The molecule has 4 nitrogen and oxygen atoms in total. The van der Waals surface area contributed by atoms with E-state index in [1.165, 1.54) is 32.1 Å². The topological polar surface area (TPSA) is 39.7 Å². The van der Waals surface area contributed by atoms with Crippen LogP contribution in [0.1, 0.15) is 51.9 Å². The van der Waals surface area contributed by atoms with Gasteiger partial charge in [0.2, 0.25) is 0 Å². The van der Waals surface area contributed by atoms with Gasteiger partial charge in [-0.15, -0.1) is 24.0 Å². The Morgan fingerprint density at radius 3 is 2.50 bits per heavy atom. The van der Waals surface area contributed by atoms with Gasteiger partial charge in [-0.3, -0.25) is 4.99 Å². The van der Waals surface area contributed by atoms with E-state index in [0.29, 0.717) is 6.04 Å². The second kappa shape index (κ2) is 11.3. The largest absolute Gasteiger partial charge is 0.357 e. The van der Waals surface area contributed by atoms with E-state index in [0.717, 1.165) is 44.5 Å². The second-order valence-corrected chi connectivity index (χ2v) is 6.32. The molecule has 0 aromatic carbocycles. The van der Waals surface area contributed by atoms with Crippen LogP contribution in [0, 0.1) is 0 Å². The van der Waals surface area contributed by atoms with Crippen molar-refractivity contribution in [1.82, 2.24) is 15.5 Å². The summed E-state index contributed by atoms with van der Waals surface area (Å²) in [7, 11) is 2.26. The van der Waals surface area contributed by atoms with Crippen molar-refractivity contribution in [3.8, 4) is 0 Å². The van der Waals surface area contributed by atoms with Crippen molar-refractivity contribution in [2.45, 2.75) is 64.0 Å². The lowest BCUT2D eigenvalue weighted by molar-refractivity contribution is 0.196. The number of hydrogen-bond donors (Lipinski definition) is 2. The van der Waals surface area contributed by atoms with Crippen LogP contribution >= 0.6 is 24.0 Å². The molecule has 2 N–H and O–H groups in total. The smallest absolute Gasteiger partial charge is 0.191 e. The third kappa shape index (κ3) is 6.86. The van der Waals surface area contributed by atoms with E-state index in [9.17, 15) is 0 Å².